The van der Waals surface area contributed by atoms with E-state index in [-0.39, 0.29) is 25.7 Å². The molecular formula is C46H74NO11P. The number of ether oxygens (including phenoxy) is 2. The van der Waals surface area contributed by atoms with Gasteiger partial charge in [0.2, 0.25) is 0 Å². The monoisotopic (exact) mass is 847 g/mol. The summed E-state index contributed by atoms with van der Waals surface area (Å²) in [6.07, 6.45) is 46.4. The average molecular weight is 848 g/mol. The zero-order chi connectivity index (χ0) is 43.7. The molecule has 0 bridgehead atoms. The minimum atomic E-state index is -4.78. The van der Waals surface area contributed by atoms with Gasteiger partial charge in [0.25, 0.3) is 0 Å². The number of carboxylic acid groups (broad SMARTS) is 1. The van der Waals surface area contributed by atoms with E-state index in [1.165, 1.54) is 19.3 Å². The predicted molar refractivity (Wildman–Crippen MR) is 236 cm³/mol. The van der Waals surface area contributed by atoms with Gasteiger partial charge in [0.05, 0.1) is 19.3 Å². The Morgan fingerprint density at radius 3 is 1.75 bits per heavy atom. The van der Waals surface area contributed by atoms with E-state index >= 15 is 0 Å². The fraction of sp³-hybridized carbons (Fsp3) is 0.587. The number of rotatable bonds is 38. The van der Waals surface area contributed by atoms with E-state index < -0.39 is 63.8 Å². The van der Waals surface area contributed by atoms with Crippen molar-refractivity contribution in [2.45, 2.75) is 154 Å². The molecule has 334 valence electrons. The summed E-state index contributed by atoms with van der Waals surface area (Å²) in [5.41, 5.74) is 5.32. The van der Waals surface area contributed by atoms with E-state index in [4.69, 9.17) is 24.8 Å². The molecule has 0 amide bonds. The Morgan fingerprint density at radius 1 is 0.627 bits per heavy atom. The summed E-state index contributed by atoms with van der Waals surface area (Å²) in [7, 11) is -4.78. The van der Waals surface area contributed by atoms with Gasteiger partial charge in [-0.3, -0.25) is 23.4 Å². The third kappa shape index (κ3) is 39.6. The fourth-order valence-corrected chi connectivity index (χ4v) is 5.82. The standard InChI is InChI=1S/C46H74NO11P/c1-3-5-7-9-11-13-15-17-18-19-20-22-24-26-28-30-32-36-44(49)55-38-42(39-56-59(53,54)57-40-43(47)46(51)52)58-45(50)37-33-35-41(48)34-31-29-27-25-23-21-16-14-12-10-8-6-4-2/h5,7,11-14,17-18,20-23,27,29,31,34,41-43,48H,3-4,6,8-10,15-16,19,24-26,28,30,32-33,35-40,47H2,1-2H3,(H,51,52)(H,53,54)/b7-5-,13-11-,14-12-,18-17-,22-20-,23-21-,29-27-,34-31+/t41-,42+,43-/m0/s1. The maximum atomic E-state index is 12.6. The average Bonchev–Trinajstić information content (AvgIpc) is 3.20. The zero-order valence-electron chi connectivity index (χ0n) is 35.7. The molecular weight excluding hydrogens is 773 g/mol. The Labute approximate surface area is 354 Å². The van der Waals surface area contributed by atoms with Crippen LogP contribution in [-0.4, -0.2) is 71.1 Å². The van der Waals surface area contributed by atoms with Crippen LogP contribution in [-0.2, 0) is 37.5 Å². The molecule has 12 nitrogen and oxygen atoms in total. The second-order valence-corrected chi connectivity index (χ2v) is 15.4. The van der Waals surface area contributed by atoms with Gasteiger partial charge < -0.3 is 30.3 Å². The number of hydrogen-bond acceptors (Lipinski definition) is 10. The highest BCUT2D eigenvalue weighted by Crippen LogP contribution is 2.43. The summed E-state index contributed by atoms with van der Waals surface area (Å²) in [4.78, 5) is 46.0. The summed E-state index contributed by atoms with van der Waals surface area (Å²) in [5.74, 6) is -2.65. The second-order valence-electron chi connectivity index (χ2n) is 13.9. The molecule has 0 rings (SSSR count). The lowest BCUT2D eigenvalue weighted by Gasteiger charge is -2.20. The Balaban J connectivity index is 4.64. The van der Waals surface area contributed by atoms with E-state index in [0.717, 1.165) is 70.6 Å². The zero-order valence-corrected chi connectivity index (χ0v) is 36.6. The molecule has 0 spiro atoms. The molecule has 1 unspecified atom stereocenters. The van der Waals surface area contributed by atoms with Crippen molar-refractivity contribution in [2.24, 2.45) is 5.73 Å². The fourth-order valence-electron chi connectivity index (χ4n) is 5.04. The van der Waals surface area contributed by atoms with E-state index in [2.05, 4.69) is 91.3 Å². The van der Waals surface area contributed by atoms with Gasteiger partial charge in [-0.15, -0.1) is 0 Å². The maximum absolute atomic E-state index is 12.6. The first-order valence-electron chi connectivity index (χ1n) is 21.4. The number of aliphatic hydroxyl groups is 1. The summed E-state index contributed by atoms with van der Waals surface area (Å²) in [6, 6.07) is -1.56. The van der Waals surface area contributed by atoms with Gasteiger partial charge in [0.1, 0.15) is 12.6 Å². The molecule has 0 radical (unpaired) electrons. The van der Waals surface area contributed by atoms with Crippen molar-refractivity contribution >= 4 is 25.7 Å². The molecule has 4 atom stereocenters. The van der Waals surface area contributed by atoms with Crippen LogP contribution < -0.4 is 5.73 Å². The molecule has 5 N–H and O–H groups in total. The topological polar surface area (TPSA) is 192 Å². The van der Waals surface area contributed by atoms with Crippen molar-refractivity contribution in [1.29, 1.82) is 0 Å². The minimum Gasteiger partial charge on any atom is -0.480 e. The van der Waals surface area contributed by atoms with E-state index in [1.807, 2.05) is 12.2 Å². The number of allylic oxidation sites excluding steroid dienone is 15. The first-order chi connectivity index (χ1) is 28.5. The van der Waals surface area contributed by atoms with Crippen molar-refractivity contribution in [3.05, 3.63) is 97.2 Å². The molecule has 0 aliphatic heterocycles. The van der Waals surface area contributed by atoms with Crippen molar-refractivity contribution in [1.82, 2.24) is 0 Å². The van der Waals surface area contributed by atoms with Crippen molar-refractivity contribution < 1.29 is 52.6 Å². The number of esters is 2. The number of unbranched alkanes of at least 4 members (excludes halogenated alkanes) is 7. The van der Waals surface area contributed by atoms with E-state index in [1.54, 1.807) is 12.2 Å². The summed E-state index contributed by atoms with van der Waals surface area (Å²) < 4.78 is 32.5. The summed E-state index contributed by atoms with van der Waals surface area (Å²) in [5, 5.41) is 19.2. The number of carbonyl (C=O) groups is 3. The predicted octanol–water partition coefficient (Wildman–Crippen LogP) is 10.2. The van der Waals surface area contributed by atoms with Crippen LogP contribution in [0.25, 0.3) is 0 Å². The SMILES string of the molecule is CC/C=C\C/C=C\C/C=C\C/C=C\CCCCCCC(=O)OC[C@H](COP(=O)(O)OC[C@H](N)C(=O)O)OC(=O)CCC[C@@H](O)/C=C/C=C\C/C=C\C/C=C\CCCCC. The van der Waals surface area contributed by atoms with Crippen molar-refractivity contribution in [2.75, 3.05) is 19.8 Å². The molecule has 13 heteroatoms. The van der Waals surface area contributed by atoms with Crippen LogP contribution in [0.5, 0.6) is 0 Å². The Hall–Kier alpha value is -3.64. The van der Waals surface area contributed by atoms with Gasteiger partial charge in [-0.05, 0) is 83.5 Å². The number of aliphatic hydroxyl groups excluding tert-OH is 1. The van der Waals surface area contributed by atoms with Crippen molar-refractivity contribution in [3.8, 4) is 0 Å². The normalized spacial score (nSPS) is 15.2. The molecule has 0 fully saturated rings. The lowest BCUT2D eigenvalue weighted by molar-refractivity contribution is -0.161. The molecule has 59 heavy (non-hydrogen) atoms. The van der Waals surface area contributed by atoms with Crippen LogP contribution in [0, 0.1) is 0 Å². The smallest absolute Gasteiger partial charge is 0.472 e. The van der Waals surface area contributed by atoms with E-state index in [9.17, 15) is 28.9 Å². The lowest BCUT2D eigenvalue weighted by Crippen LogP contribution is -2.34. The first-order valence-corrected chi connectivity index (χ1v) is 22.9. The van der Waals surface area contributed by atoms with Crippen LogP contribution in [0.15, 0.2) is 97.2 Å². The highest BCUT2D eigenvalue weighted by Gasteiger charge is 2.28. The number of hydrogen-bond donors (Lipinski definition) is 4. The quantitative estimate of drug-likeness (QED) is 0.0151. The van der Waals surface area contributed by atoms with Crippen LogP contribution in [0.4, 0.5) is 0 Å². The van der Waals surface area contributed by atoms with Gasteiger partial charge in [-0.25, -0.2) is 4.57 Å². The number of phosphoric acid groups is 1. The van der Waals surface area contributed by atoms with Crippen LogP contribution in [0.3, 0.4) is 0 Å². The third-order valence-corrected chi connectivity index (χ3v) is 9.37. The van der Waals surface area contributed by atoms with Crippen LogP contribution in [0.2, 0.25) is 0 Å². The van der Waals surface area contributed by atoms with Gasteiger partial charge in [0, 0.05) is 12.8 Å². The number of carbonyl (C=O) groups excluding carboxylic acids is 2. The molecule has 0 aromatic carbocycles. The van der Waals surface area contributed by atoms with Crippen LogP contribution in [0.1, 0.15) is 136 Å². The van der Waals surface area contributed by atoms with Gasteiger partial charge in [0.15, 0.2) is 6.10 Å². The maximum Gasteiger partial charge on any atom is 0.472 e. The van der Waals surface area contributed by atoms with Gasteiger partial charge in [-0.2, -0.15) is 0 Å². The number of carboxylic acids is 1. The third-order valence-electron chi connectivity index (χ3n) is 8.42. The van der Waals surface area contributed by atoms with Gasteiger partial charge in [-0.1, -0.05) is 137 Å². The highest BCUT2D eigenvalue weighted by atomic mass is 31.2. The first kappa shape index (κ1) is 55.4. The molecule has 0 saturated heterocycles. The summed E-state index contributed by atoms with van der Waals surface area (Å²) >= 11 is 0. The molecule has 0 aliphatic rings. The molecule has 0 heterocycles. The minimum absolute atomic E-state index is 0.0787. The van der Waals surface area contributed by atoms with E-state index in [0.29, 0.717) is 6.42 Å². The van der Waals surface area contributed by atoms with Crippen LogP contribution >= 0.6 is 7.82 Å². The number of phosphoric ester groups is 1. The Kier molecular flexibility index (Phi) is 37.3. The molecule has 0 aliphatic carbocycles. The van der Waals surface area contributed by atoms with Gasteiger partial charge >= 0.3 is 25.7 Å². The molecule has 0 saturated carbocycles. The number of aliphatic carboxylic acids is 1. The largest absolute Gasteiger partial charge is 0.480 e. The Bertz CT molecular complexity index is 1380. The summed E-state index contributed by atoms with van der Waals surface area (Å²) in [6.45, 7) is 2.41. The Morgan fingerprint density at radius 2 is 1.15 bits per heavy atom. The second kappa shape index (κ2) is 39.8. The number of nitrogens with two attached hydrogens (primary N) is 1. The molecule has 0 aromatic rings. The lowest BCUT2D eigenvalue weighted by atomic mass is 10.1. The molecule has 0 aromatic heterocycles. The van der Waals surface area contributed by atoms with Crippen molar-refractivity contribution in [3.63, 3.8) is 0 Å². The highest BCUT2D eigenvalue weighted by molar-refractivity contribution is 7.47.